The van der Waals surface area contributed by atoms with E-state index in [1.54, 1.807) is 37.3 Å². The normalized spacial score (nSPS) is 12.0. The van der Waals surface area contributed by atoms with Gasteiger partial charge in [-0.2, -0.15) is 0 Å². The largest absolute Gasteiger partial charge is 0.444 e. The summed E-state index contributed by atoms with van der Waals surface area (Å²) in [7, 11) is -2.19. The number of hydrogen-bond donors (Lipinski definition) is 2. The lowest BCUT2D eigenvalue weighted by Gasteiger charge is -2.18. The molecule has 2 aromatic rings. The van der Waals surface area contributed by atoms with Gasteiger partial charge in [0.25, 0.3) is 5.91 Å². The lowest BCUT2D eigenvalue weighted by atomic mass is 10.1. The maximum absolute atomic E-state index is 12.7. The topological polar surface area (TPSA) is 119 Å². The van der Waals surface area contributed by atoms with Gasteiger partial charge in [0.05, 0.1) is 10.5 Å². The highest BCUT2D eigenvalue weighted by atomic mass is 32.2. The fourth-order valence-electron chi connectivity index (χ4n) is 2.36. The van der Waals surface area contributed by atoms with E-state index in [9.17, 15) is 22.8 Å². The van der Waals surface area contributed by atoms with E-state index in [-0.39, 0.29) is 10.5 Å². The number of imide groups is 1. The summed E-state index contributed by atoms with van der Waals surface area (Å²) in [5, 5.41) is 4.32. The Bertz CT molecular complexity index is 1000. The fourth-order valence-corrected chi connectivity index (χ4v) is 3.01. The SMILES string of the molecule is CNC(=O)NC(=O)C(OC(=O)c1cc(S(C)(=O)=O)ccc1C)c1ccccc1. The fraction of sp³-hybridized carbons (Fsp3) is 0.211. The molecule has 0 saturated heterocycles. The summed E-state index contributed by atoms with van der Waals surface area (Å²) in [6.45, 7) is 1.62. The third-order valence-corrected chi connectivity index (χ3v) is 5.00. The molecule has 0 fully saturated rings. The summed E-state index contributed by atoms with van der Waals surface area (Å²) in [6.07, 6.45) is -0.372. The zero-order valence-corrected chi connectivity index (χ0v) is 16.4. The van der Waals surface area contributed by atoms with Crippen molar-refractivity contribution in [2.24, 2.45) is 0 Å². The molecule has 3 amide bonds. The van der Waals surface area contributed by atoms with E-state index in [1.807, 2.05) is 0 Å². The third kappa shape index (κ3) is 5.17. The van der Waals surface area contributed by atoms with Gasteiger partial charge in [0.15, 0.2) is 9.84 Å². The molecule has 0 aromatic heterocycles. The maximum atomic E-state index is 12.7. The maximum Gasteiger partial charge on any atom is 0.339 e. The van der Waals surface area contributed by atoms with Crippen LogP contribution in [0, 0.1) is 6.92 Å². The molecule has 1 unspecified atom stereocenters. The lowest BCUT2D eigenvalue weighted by Crippen LogP contribution is -2.41. The van der Waals surface area contributed by atoms with Crippen LogP contribution in [-0.4, -0.2) is 39.6 Å². The molecule has 0 radical (unpaired) electrons. The summed E-state index contributed by atoms with van der Waals surface area (Å²) in [4.78, 5) is 36.6. The Balaban J connectivity index is 2.38. The summed E-state index contributed by atoms with van der Waals surface area (Å²) in [5.74, 6) is -1.72. The summed E-state index contributed by atoms with van der Waals surface area (Å²) in [5.41, 5.74) is 0.849. The van der Waals surface area contributed by atoms with Crippen molar-refractivity contribution in [2.75, 3.05) is 13.3 Å². The van der Waals surface area contributed by atoms with Gasteiger partial charge >= 0.3 is 12.0 Å². The van der Waals surface area contributed by atoms with Crippen LogP contribution in [0.2, 0.25) is 0 Å². The van der Waals surface area contributed by atoms with E-state index < -0.39 is 33.8 Å². The average molecular weight is 404 g/mol. The minimum Gasteiger partial charge on any atom is -0.444 e. The number of urea groups is 1. The van der Waals surface area contributed by atoms with Gasteiger partial charge in [0.2, 0.25) is 6.10 Å². The zero-order chi connectivity index (χ0) is 20.9. The number of esters is 1. The van der Waals surface area contributed by atoms with Crippen molar-refractivity contribution in [2.45, 2.75) is 17.9 Å². The molecular formula is C19H20N2O6S. The number of amides is 3. The number of rotatable bonds is 5. The van der Waals surface area contributed by atoms with Crippen LogP contribution < -0.4 is 10.6 Å². The molecule has 0 aliphatic rings. The number of benzene rings is 2. The number of aryl methyl sites for hydroxylation is 1. The second-order valence-electron chi connectivity index (χ2n) is 6.01. The second-order valence-corrected chi connectivity index (χ2v) is 8.03. The number of hydrogen-bond acceptors (Lipinski definition) is 6. The minimum absolute atomic E-state index is 0.0107. The minimum atomic E-state index is -3.53. The molecule has 2 rings (SSSR count). The van der Waals surface area contributed by atoms with Crippen molar-refractivity contribution in [3.8, 4) is 0 Å². The van der Waals surface area contributed by atoms with Crippen molar-refractivity contribution in [1.82, 2.24) is 10.6 Å². The van der Waals surface area contributed by atoms with Gasteiger partial charge in [-0.1, -0.05) is 36.4 Å². The van der Waals surface area contributed by atoms with Crippen LogP contribution in [-0.2, 0) is 19.4 Å². The Morgan fingerprint density at radius 2 is 1.68 bits per heavy atom. The van der Waals surface area contributed by atoms with Crippen LogP contribution in [0.3, 0.4) is 0 Å². The number of carbonyl (C=O) groups is 3. The molecule has 2 aromatic carbocycles. The van der Waals surface area contributed by atoms with Crippen LogP contribution in [0.4, 0.5) is 4.79 Å². The summed E-state index contributed by atoms with van der Waals surface area (Å²) >= 11 is 0. The predicted octanol–water partition coefficient (Wildman–Crippen LogP) is 1.75. The van der Waals surface area contributed by atoms with Crippen LogP contribution in [0.1, 0.15) is 27.6 Å². The lowest BCUT2D eigenvalue weighted by molar-refractivity contribution is -0.129. The molecule has 1 atom stereocenters. The molecule has 0 spiro atoms. The van der Waals surface area contributed by atoms with E-state index in [1.165, 1.54) is 25.2 Å². The first-order valence-electron chi connectivity index (χ1n) is 8.22. The van der Waals surface area contributed by atoms with Crippen molar-refractivity contribution in [1.29, 1.82) is 0 Å². The zero-order valence-electron chi connectivity index (χ0n) is 15.6. The quantitative estimate of drug-likeness (QED) is 0.733. The van der Waals surface area contributed by atoms with Crippen LogP contribution >= 0.6 is 0 Å². The molecule has 28 heavy (non-hydrogen) atoms. The van der Waals surface area contributed by atoms with Crippen molar-refractivity contribution in [3.63, 3.8) is 0 Å². The second kappa shape index (κ2) is 8.66. The summed E-state index contributed by atoms with van der Waals surface area (Å²) in [6, 6.07) is 11.5. The predicted molar refractivity (Wildman–Crippen MR) is 101 cm³/mol. The molecular weight excluding hydrogens is 384 g/mol. The van der Waals surface area contributed by atoms with E-state index >= 15 is 0 Å². The molecule has 148 valence electrons. The highest BCUT2D eigenvalue weighted by Gasteiger charge is 2.28. The molecule has 2 N–H and O–H groups in total. The van der Waals surface area contributed by atoms with Crippen LogP contribution in [0.15, 0.2) is 53.4 Å². The van der Waals surface area contributed by atoms with Gasteiger partial charge in [-0.15, -0.1) is 0 Å². The van der Waals surface area contributed by atoms with Crippen LogP contribution in [0.25, 0.3) is 0 Å². The summed E-state index contributed by atoms with van der Waals surface area (Å²) < 4.78 is 28.9. The number of carbonyl (C=O) groups excluding carboxylic acids is 3. The van der Waals surface area contributed by atoms with Gasteiger partial charge in [-0.3, -0.25) is 10.1 Å². The highest BCUT2D eigenvalue weighted by molar-refractivity contribution is 7.90. The first-order chi connectivity index (χ1) is 13.1. The Hall–Kier alpha value is -3.20. The number of nitrogens with one attached hydrogen (secondary N) is 2. The Labute approximate surface area is 162 Å². The Morgan fingerprint density at radius 3 is 2.25 bits per heavy atom. The smallest absolute Gasteiger partial charge is 0.339 e. The first kappa shape index (κ1) is 21.1. The van der Waals surface area contributed by atoms with Gasteiger partial charge < -0.3 is 10.1 Å². The molecule has 9 heteroatoms. The van der Waals surface area contributed by atoms with Gasteiger partial charge in [-0.05, 0) is 24.6 Å². The Kier molecular flexibility index (Phi) is 6.53. The number of sulfone groups is 1. The van der Waals surface area contributed by atoms with Gasteiger partial charge in [0.1, 0.15) is 0 Å². The van der Waals surface area contributed by atoms with E-state index in [0.29, 0.717) is 11.1 Å². The highest BCUT2D eigenvalue weighted by Crippen LogP contribution is 2.22. The average Bonchev–Trinajstić information content (AvgIpc) is 2.65. The van der Waals surface area contributed by atoms with Gasteiger partial charge in [-0.25, -0.2) is 18.0 Å². The molecule has 0 saturated carbocycles. The van der Waals surface area contributed by atoms with Crippen molar-refractivity contribution < 1.29 is 27.5 Å². The molecule has 0 aliphatic carbocycles. The Morgan fingerprint density at radius 1 is 1.04 bits per heavy atom. The first-order valence-corrected chi connectivity index (χ1v) is 10.1. The number of ether oxygens (including phenoxy) is 1. The molecule has 8 nitrogen and oxygen atoms in total. The standard InChI is InChI=1S/C19H20N2O6S/c1-12-9-10-14(28(3,25)26)11-15(12)18(23)27-16(13-7-5-4-6-8-13)17(22)21-19(24)20-2/h4-11,16H,1-3H3,(H2,20,21,22,24). The van der Waals surface area contributed by atoms with Gasteiger partial charge in [0, 0.05) is 18.9 Å². The molecule has 0 heterocycles. The monoisotopic (exact) mass is 404 g/mol. The molecule has 0 aliphatic heterocycles. The van der Waals surface area contributed by atoms with E-state index in [4.69, 9.17) is 4.74 Å². The van der Waals surface area contributed by atoms with Crippen molar-refractivity contribution >= 4 is 27.7 Å². The van der Waals surface area contributed by atoms with Crippen LogP contribution in [0.5, 0.6) is 0 Å². The van der Waals surface area contributed by atoms with E-state index in [2.05, 4.69) is 10.6 Å². The third-order valence-electron chi connectivity index (χ3n) is 3.89. The van der Waals surface area contributed by atoms with E-state index in [0.717, 1.165) is 6.26 Å². The van der Waals surface area contributed by atoms with Crippen molar-refractivity contribution in [3.05, 3.63) is 65.2 Å². The molecule has 0 bridgehead atoms.